The predicted molar refractivity (Wildman–Crippen MR) is 339 cm³/mol. The van der Waals surface area contributed by atoms with Gasteiger partial charge < -0.3 is 28.5 Å². The molecule has 79 heavy (non-hydrogen) atoms. The van der Waals surface area contributed by atoms with Crippen LogP contribution in [0.1, 0.15) is 265 Å². The second kappa shape index (κ2) is 57.9. The molecule has 1 N–H and O–H groups in total. The number of amides is 1. The van der Waals surface area contributed by atoms with Gasteiger partial charge in [0, 0.05) is 12.8 Å². The van der Waals surface area contributed by atoms with E-state index >= 15 is 0 Å². The summed E-state index contributed by atoms with van der Waals surface area (Å²) in [5.41, 5.74) is 0. The first kappa shape index (κ1) is 75.7. The minimum absolute atomic E-state index is 0.0342. The highest BCUT2D eigenvalue weighted by molar-refractivity contribution is 7.45. The molecule has 0 heterocycles. The Kier molecular flexibility index (Phi) is 55.4. The summed E-state index contributed by atoms with van der Waals surface area (Å²) >= 11 is 0. The molecule has 9 nitrogen and oxygen atoms in total. The van der Waals surface area contributed by atoms with Gasteiger partial charge in [-0.3, -0.25) is 14.2 Å². The molecule has 0 radical (unpaired) electrons. The lowest BCUT2D eigenvalue weighted by molar-refractivity contribution is -0.870. The summed E-state index contributed by atoms with van der Waals surface area (Å²) in [5.74, 6) is -0.581. The van der Waals surface area contributed by atoms with Crippen LogP contribution in [-0.2, 0) is 27.9 Å². The van der Waals surface area contributed by atoms with E-state index in [1.807, 2.05) is 33.3 Å². The summed E-state index contributed by atoms with van der Waals surface area (Å²) in [6.45, 7) is 6.68. The van der Waals surface area contributed by atoms with Crippen molar-refractivity contribution in [2.75, 3.05) is 40.9 Å². The Morgan fingerprint density at radius 3 is 1.24 bits per heavy atom. The monoisotopic (exact) mass is 1120 g/mol. The summed E-state index contributed by atoms with van der Waals surface area (Å²) < 4.78 is 30.3. The van der Waals surface area contributed by atoms with Crippen molar-refractivity contribution in [3.63, 3.8) is 0 Å². The quantitative estimate of drug-likeness (QED) is 0.0212. The molecule has 0 aromatic rings. The SMILES string of the molecule is CC/C=C\C/C=C\C/C=C\C/C=C\C/C=C\CCCCCCCC(=O)NC(COP(=O)([O-])OCC[N+](C)(C)C)C(/C=C/CCCCCCCCCCCCC)OC(=O)CCCCCCCC/C=C\C/C=C\C/C=C\CCCCC. The van der Waals surface area contributed by atoms with E-state index in [1.54, 1.807) is 0 Å². The highest BCUT2D eigenvalue weighted by Crippen LogP contribution is 2.38. The zero-order valence-corrected chi connectivity index (χ0v) is 52.7. The van der Waals surface area contributed by atoms with Crippen LogP contribution in [0.3, 0.4) is 0 Å². The molecular formula is C69H121N2O7P. The minimum Gasteiger partial charge on any atom is -0.756 e. The lowest BCUT2D eigenvalue weighted by atomic mass is 10.0. The van der Waals surface area contributed by atoms with Crippen molar-refractivity contribution in [2.45, 2.75) is 277 Å². The van der Waals surface area contributed by atoms with E-state index < -0.39 is 26.6 Å². The van der Waals surface area contributed by atoms with Crippen molar-refractivity contribution in [2.24, 2.45) is 0 Å². The second-order valence-corrected chi connectivity index (χ2v) is 23.9. The van der Waals surface area contributed by atoms with Crippen molar-refractivity contribution >= 4 is 19.7 Å². The molecule has 0 fully saturated rings. The third kappa shape index (κ3) is 59.1. The largest absolute Gasteiger partial charge is 0.756 e. The number of likely N-dealkylation sites (N-methyl/N-ethyl adjacent to an activating group) is 1. The highest BCUT2D eigenvalue weighted by atomic mass is 31.2. The fraction of sp³-hybridized carbons (Fsp3) is 0.710. The number of ether oxygens (including phenoxy) is 1. The molecule has 0 saturated carbocycles. The Morgan fingerprint density at radius 2 is 0.810 bits per heavy atom. The molecular weight excluding hydrogens is 1000 g/mol. The number of nitrogens with zero attached hydrogens (tertiary/aromatic N) is 1. The van der Waals surface area contributed by atoms with E-state index in [0.717, 1.165) is 135 Å². The zero-order valence-electron chi connectivity index (χ0n) is 51.8. The van der Waals surface area contributed by atoms with Gasteiger partial charge in [0.1, 0.15) is 19.3 Å². The molecule has 0 aromatic heterocycles. The summed E-state index contributed by atoms with van der Waals surface area (Å²) in [6.07, 6.45) is 79.0. The van der Waals surface area contributed by atoms with E-state index in [9.17, 15) is 19.0 Å². The fourth-order valence-corrected chi connectivity index (χ4v) is 9.45. The van der Waals surface area contributed by atoms with Crippen molar-refractivity contribution in [3.05, 3.63) is 109 Å². The number of carbonyl (C=O) groups is 2. The van der Waals surface area contributed by atoms with Crippen LogP contribution in [0.15, 0.2) is 109 Å². The molecule has 0 spiro atoms. The molecule has 1 amide bonds. The molecule has 0 aliphatic carbocycles. The molecule has 3 unspecified atom stereocenters. The second-order valence-electron chi connectivity index (χ2n) is 22.5. The van der Waals surface area contributed by atoms with Crippen LogP contribution in [0.2, 0.25) is 0 Å². The Morgan fingerprint density at radius 1 is 0.456 bits per heavy atom. The Bertz CT molecular complexity index is 1720. The molecule has 10 heteroatoms. The van der Waals surface area contributed by atoms with Gasteiger partial charge in [-0.1, -0.05) is 246 Å². The molecule has 0 aliphatic heterocycles. The number of unbranched alkanes of at least 4 members (excludes halogenated alkanes) is 25. The van der Waals surface area contributed by atoms with E-state index in [-0.39, 0.29) is 31.3 Å². The average molecular weight is 1120 g/mol. The number of hydrogen-bond donors (Lipinski definition) is 1. The van der Waals surface area contributed by atoms with Gasteiger partial charge >= 0.3 is 5.97 Å². The first-order valence-corrected chi connectivity index (χ1v) is 33.7. The van der Waals surface area contributed by atoms with E-state index in [2.05, 4.69) is 123 Å². The number of allylic oxidation sites excluding steroid dienone is 17. The van der Waals surface area contributed by atoms with Crippen molar-refractivity contribution in [1.29, 1.82) is 0 Å². The van der Waals surface area contributed by atoms with Gasteiger partial charge in [0.15, 0.2) is 0 Å². The van der Waals surface area contributed by atoms with Crippen LogP contribution >= 0.6 is 7.82 Å². The number of nitrogens with one attached hydrogen (secondary N) is 1. The fourth-order valence-electron chi connectivity index (χ4n) is 8.73. The third-order valence-corrected chi connectivity index (χ3v) is 14.7. The van der Waals surface area contributed by atoms with Gasteiger partial charge in [0.25, 0.3) is 7.82 Å². The van der Waals surface area contributed by atoms with Crippen molar-refractivity contribution < 1.29 is 37.3 Å². The number of carbonyl (C=O) groups excluding carboxylic acids is 2. The molecule has 0 aliphatic rings. The summed E-state index contributed by atoms with van der Waals surface area (Å²) in [7, 11) is 1.15. The van der Waals surface area contributed by atoms with Crippen LogP contribution in [0, 0.1) is 0 Å². The molecule has 0 rings (SSSR count). The maximum Gasteiger partial charge on any atom is 0.306 e. The van der Waals surface area contributed by atoms with Gasteiger partial charge in [-0.2, -0.15) is 0 Å². The van der Waals surface area contributed by atoms with Crippen LogP contribution in [-0.4, -0.2) is 69.4 Å². The average Bonchev–Trinajstić information content (AvgIpc) is 3.41. The number of quaternary nitrogens is 1. The first-order chi connectivity index (χ1) is 38.4. The highest BCUT2D eigenvalue weighted by Gasteiger charge is 2.27. The van der Waals surface area contributed by atoms with Crippen LogP contribution in [0.25, 0.3) is 0 Å². The molecule has 454 valence electrons. The first-order valence-electron chi connectivity index (χ1n) is 32.2. The van der Waals surface area contributed by atoms with Crippen LogP contribution < -0.4 is 10.2 Å². The maximum absolute atomic E-state index is 13.6. The van der Waals surface area contributed by atoms with Crippen LogP contribution in [0.4, 0.5) is 0 Å². The van der Waals surface area contributed by atoms with E-state index in [0.29, 0.717) is 23.9 Å². The smallest absolute Gasteiger partial charge is 0.306 e. The van der Waals surface area contributed by atoms with Crippen LogP contribution in [0.5, 0.6) is 0 Å². The van der Waals surface area contributed by atoms with Crippen molar-refractivity contribution in [1.82, 2.24) is 5.32 Å². The maximum atomic E-state index is 13.6. The molecule has 0 aromatic carbocycles. The number of rotatable bonds is 57. The number of esters is 1. The zero-order chi connectivity index (χ0) is 57.9. The van der Waals surface area contributed by atoms with Gasteiger partial charge in [-0.05, 0) is 115 Å². The van der Waals surface area contributed by atoms with Gasteiger partial charge in [0.2, 0.25) is 5.91 Å². The molecule has 0 saturated heterocycles. The number of phosphoric acid groups is 1. The summed E-state index contributed by atoms with van der Waals surface area (Å²) in [4.78, 5) is 40.1. The molecule has 0 bridgehead atoms. The van der Waals surface area contributed by atoms with Gasteiger partial charge in [0.05, 0.1) is 33.8 Å². The molecule has 3 atom stereocenters. The lowest BCUT2D eigenvalue weighted by Crippen LogP contribution is -2.47. The number of hydrogen-bond acceptors (Lipinski definition) is 7. The lowest BCUT2D eigenvalue weighted by Gasteiger charge is -2.30. The topological polar surface area (TPSA) is 114 Å². The van der Waals surface area contributed by atoms with Gasteiger partial charge in [-0.25, -0.2) is 0 Å². The predicted octanol–water partition coefficient (Wildman–Crippen LogP) is 19.5. The Balaban J connectivity index is 5.33. The standard InChI is InChI=1S/C69H121N2O7P/c1-7-10-13-16-19-22-25-28-30-32-34-35-37-38-40-43-46-49-52-55-58-61-68(72)70-66(65-77-79(74,75)76-64-63-71(4,5)6)67(60-57-54-51-48-45-42-27-24-21-18-15-12-9-3)78-69(73)62-59-56-53-50-47-44-41-39-36-33-31-29-26-23-20-17-14-11-8-2/h10,13,19-20,22-23,28-31,34-36,38-40,57,60,66-67H,7-9,11-12,14-18,21,24-27,32-33,37,41-56,58-59,61-65H2,1-6H3,(H-,70,72,74,75)/b13-10-,22-19-,23-20-,30-28-,31-29-,35-34-,39-36-,40-38-,60-57+. The van der Waals surface area contributed by atoms with E-state index in [4.69, 9.17) is 13.8 Å². The van der Waals surface area contributed by atoms with Crippen molar-refractivity contribution in [3.8, 4) is 0 Å². The summed E-state index contributed by atoms with van der Waals surface area (Å²) in [5, 5.41) is 3.02. The summed E-state index contributed by atoms with van der Waals surface area (Å²) in [6, 6.07) is -0.912. The minimum atomic E-state index is -4.72. The van der Waals surface area contributed by atoms with Gasteiger partial charge in [-0.15, -0.1) is 0 Å². The Hall–Kier alpha value is -3.33. The number of phosphoric ester groups is 1. The van der Waals surface area contributed by atoms with E-state index in [1.165, 1.54) is 83.5 Å². The third-order valence-electron chi connectivity index (χ3n) is 13.7. The normalized spacial score (nSPS) is 14.4. The Labute approximate surface area is 487 Å².